The molecule has 0 bridgehead atoms. The Morgan fingerprint density at radius 3 is 2.52 bits per heavy atom. The summed E-state index contributed by atoms with van der Waals surface area (Å²) in [7, 11) is 6.30. The van der Waals surface area contributed by atoms with Crippen molar-refractivity contribution in [2.24, 2.45) is 17.8 Å². The minimum atomic E-state index is -4.57. The third-order valence-electron chi connectivity index (χ3n) is 6.97. The number of aliphatic imine (C=N–C) groups is 1. The van der Waals surface area contributed by atoms with Crippen molar-refractivity contribution in [3.8, 4) is 17.3 Å². The number of hydrogen-bond acceptors (Lipinski definition) is 7. The highest BCUT2D eigenvalue weighted by Crippen LogP contribution is 2.43. The molecule has 2 amide bonds. The number of aromatic nitrogens is 5. The molecule has 4 heterocycles. The van der Waals surface area contributed by atoms with Gasteiger partial charge in [-0.15, -0.1) is 0 Å². The van der Waals surface area contributed by atoms with E-state index in [1.807, 2.05) is 0 Å². The molecule has 210 valence electrons. The summed E-state index contributed by atoms with van der Waals surface area (Å²) in [5.74, 6) is 1.12. The Hall–Kier alpha value is -4.49. The number of halogens is 3. The SMILES string of the molecule is CN=C1CN(C)C(=O)N(c2ccc(-c3nc(C(F)(F)F)cn3C)cn2)C/C1=C(/N)c1c(C2CC2)nc[nH+]c1OC. The zero-order valence-electron chi connectivity index (χ0n) is 22.5. The van der Waals surface area contributed by atoms with Gasteiger partial charge in [0.15, 0.2) is 11.4 Å². The molecule has 0 unspecified atom stereocenters. The number of alkyl halides is 3. The molecule has 5 rings (SSSR count). The normalized spacial score (nSPS) is 18.8. The molecule has 40 heavy (non-hydrogen) atoms. The van der Waals surface area contributed by atoms with Crippen molar-refractivity contribution < 1.29 is 27.7 Å². The molecular weight excluding hydrogens is 527 g/mol. The van der Waals surface area contributed by atoms with Crippen molar-refractivity contribution in [1.29, 1.82) is 0 Å². The molecule has 1 aliphatic heterocycles. The average Bonchev–Trinajstić information content (AvgIpc) is 3.72. The Bertz CT molecular complexity index is 1510. The first kappa shape index (κ1) is 27.1. The minimum Gasteiger partial charge on any atom is -0.465 e. The van der Waals surface area contributed by atoms with Crippen LogP contribution < -0.4 is 20.4 Å². The summed E-state index contributed by atoms with van der Waals surface area (Å²) in [5, 5.41) is 0. The van der Waals surface area contributed by atoms with Gasteiger partial charge in [0.25, 0.3) is 12.2 Å². The van der Waals surface area contributed by atoms with Gasteiger partial charge in [-0.1, -0.05) is 4.98 Å². The summed E-state index contributed by atoms with van der Waals surface area (Å²) >= 11 is 0. The van der Waals surface area contributed by atoms with Gasteiger partial charge in [-0.2, -0.15) is 13.2 Å². The van der Waals surface area contributed by atoms with Crippen LogP contribution in [0.2, 0.25) is 0 Å². The molecule has 3 N–H and O–H groups in total. The van der Waals surface area contributed by atoms with E-state index in [1.54, 1.807) is 39.7 Å². The lowest BCUT2D eigenvalue weighted by atomic mass is 10.00. The molecule has 2 fully saturated rings. The first-order chi connectivity index (χ1) is 19.0. The number of nitrogens with two attached hydrogens (primary N) is 1. The molecule has 3 aromatic rings. The largest absolute Gasteiger partial charge is 0.465 e. The van der Waals surface area contributed by atoms with Gasteiger partial charge in [-0.05, 0) is 25.0 Å². The van der Waals surface area contributed by atoms with Crippen LogP contribution in [-0.4, -0.2) is 70.5 Å². The summed E-state index contributed by atoms with van der Waals surface area (Å²) < 4.78 is 46.3. The van der Waals surface area contributed by atoms with Crippen LogP contribution >= 0.6 is 0 Å². The van der Waals surface area contributed by atoms with Crippen LogP contribution in [0.4, 0.5) is 23.8 Å². The quantitative estimate of drug-likeness (QED) is 0.515. The van der Waals surface area contributed by atoms with E-state index in [1.165, 1.54) is 27.6 Å². The Morgan fingerprint density at radius 2 is 1.95 bits per heavy atom. The minimum absolute atomic E-state index is 0.0524. The molecule has 11 nitrogen and oxygen atoms in total. The third-order valence-corrected chi connectivity index (χ3v) is 6.97. The summed E-state index contributed by atoms with van der Waals surface area (Å²) in [6, 6.07) is 2.81. The van der Waals surface area contributed by atoms with Gasteiger partial charge in [0.2, 0.25) is 0 Å². The van der Waals surface area contributed by atoms with E-state index in [9.17, 15) is 18.0 Å². The smallest absolute Gasteiger partial charge is 0.434 e. The Kier molecular flexibility index (Phi) is 6.94. The van der Waals surface area contributed by atoms with Gasteiger partial charge in [0, 0.05) is 50.6 Å². The molecule has 1 saturated carbocycles. The molecule has 14 heteroatoms. The van der Waals surface area contributed by atoms with Gasteiger partial charge >= 0.3 is 12.2 Å². The van der Waals surface area contributed by atoms with E-state index >= 15 is 0 Å². The number of nitrogens with zero attached hydrogens (tertiary/aromatic N) is 7. The van der Waals surface area contributed by atoms with Gasteiger partial charge < -0.3 is 19.9 Å². The number of urea groups is 1. The number of carbonyl (C=O) groups is 1. The van der Waals surface area contributed by atoms with Gasteiger partial charge in [-0.25, -0.2) is 19.7 Å². The second-order valence-corrected chi connectivity index (χ2v) is 9.72. The van der Waals surface area contributed by atoms with Crippen LogP contribution in [0, 0.1) is 0 Å². The number of amides is 2. The highest BCUT2D eigenvalue weighted by atomic mass is 19.4. The summed E-state index contributed by atoms with van der Waals surface area (Å²) in [5.41, 5.74) is 9.27. The Labute approximate surface area is 228 Å². The second-order valence-electron chi connectivity index (χ2n) is 9.72. The number of rotatable bonds is 5. The predicted molar refractivity (Wildman–Crippen MR) is 141 cm³/mol. The second kappa shape index (κ2) is 10.2. The summed E-state index contributed by atoms with van der Waals surface area (Å²) in [4.78, 5) is 36.5. The number of nitrogens with one attached hydrogen (secondary N) is 1. The van der Waals surface area contributed by atoms with Crippen molar-refractivity contribution in [2.45, 2.75) is 24.9 Å². The van der Waals surface area contributed by atoms with Crippen LogP contribution in [0.5, 0.6) is 5.88 Å². The standard InChI is InChI=1S/C26H28F3N9O2/c1-31-17-11-37(3)25(39)38(10-16(17)21(30)20-22(14-5-6-14)33-13-34-24(20)40-4)19-8-7-15(9-32-19)23-35-18(12-36(23)2)26(27,28)29/h7-9,12-14H,5-6,10-11,30H2,1-4H3/p+1/b21-16-,31-17?. The van der Waals surface area contributed by atoms with Crippen LogP contribution in [0.3, 0.4) is 0 Å². The van der Waals surface area contributed by atoms with Crippen LogP contribution in [0.25, 0.3) is 17.1 Å². The van der Waals surface area contributed by atoms with Crippen molar-refractivity contribution in [2.75, 3.05) is 39.2 Å². The number of imidazole rings is 1. The Balaban J connectivity index is 1.56. The van der Waals surface area contributed by atoms with E-state index in [0.29, 0.717) is 39.8 Å². The maximum absolute atomic E-state index is 13.5. The fourth-order valence-electron chi connectivity index (χ4n) is 4.74. The number of ether oxygens (including phenoxy) is 1. The molecule has 0 spiro atoms. The van der Waals surface area contributed by atoms with E-state index in [0.717, 1.165) is 24.7 Å². The van der Waals surface area contributed by atoms with Gasteiger partial charge in [0.05, 0.1) is 31.6 Å². The van der Waals surface area contributed by atoms with E-state index < -0.39 is 11.9 Å². The highest BCUT2D eigenvalue weighted by Gasteiger charge is 2.38. The van der Waals surface area contributed by atoms with Crippen molar-refractivity contribution in [3.63, 3.8) is 0 Å². The van der Waals surface area contributed by atoms with E-state index in [-0.39, 0.29) is 30.9 Å². The first-order valence-corrected chi connectivity index (χ1v) is 12.5. The number of aryl methyl sites for hydroxylation is 1. The maximum Gasteiger partial charge on any atom is 0.434 e. The first-order valence-electron chi connectivity index (χ1n) is 12.5. The van der Waals surface area contributed by atoms with E-state index in [2.05, 4.69) is 24.9 Å². The van der Waals surface area contributed by atoms with Crippen molar-refractivity contribution in [1.82, 2.24) is 24.4 Å². The molecule has 0 atom stereocenters. The fourth-order valence-corrected chi connectivity index (χ4v) is 4.74. The number of aromatic amines is 1. The molecule has 1 aliphatic carbocycles. The molecule has 1 saturated heterocycles. The third kappa shape index (κ3) is 4.96. The average molecular weight is 557 g/mol. The lowest BCUT2D eigenvalue weighted by Gasteiger charge is -2.24. The lowest BCUT2D eigenvalue weighted by molar-refractivity contribution is -0.398. The summed E-state index contributed by atoms with van der Waals surface area (Å²) in [6.07, 6.45) is 1.30. The van der Waals surface area contributed by atoms with Gasteiger partial charge in [-0.3, -0.25) is 9.89 Å². The van der Waals surface area contributed by atoms with Crippen LogP contribution in [0.15, 0.2) is 41.4 Å². The predicted octanol–water partition coefficient (Wildman–Crippen LogP) is 2.91. The number of H-pyrrole nitrogens is 1. The Morgan fingerprint density at radius 1 is 1.20 bits per heavy atom. The lowest BCUT2D eigenvalue weighted by Crippen LogP contribution is -2.40. The van der Waals surface area contributed by atoms with Crippen LogP contribution in [0.1, 0.15) is 35.7 Å². The zero-order valence-corrected chi connectivity index (χ0v) is 22.5. The number of hydrogen-bond donors (Lipinski definition) is 1. The monoisotopic (exact) mass is 556 g/mol. The number of carbonyl (C=O) groups excluding carboxylic acids is 1. The number of pyridine rings is 1. The van der Waals surface area contributed by atoms with Gasteiger partial charge in [0.1, 0.15) is 17.2 Å². The molecule has 0 aromatic carbocycles. The molecule has 0 radical (unpaired) electrons. The maximum atomic E-state index is 13.5. The van der Waals surface area contributed by atoms with E-state index in [4.69, 9.17) is 10.5 Å². The highest BCUT2D eigenvalue weighted by molar-refractivity contribution is 6.12. The number of methoxy groups -OCH3 is 1. The topological polar surface area (TPSA) is 129 Å². The number of anilines is 1. The van der Waals surface area contributed by atoms with Crippen molar-refractivity contribution in [3.05, 3.63) is 53.4 Å². The van der Waals surface area contributed by atoms with Crippen molar-refractivity contribution >= 4 is 23.3 Å². The summed E-state index contributed by atoms with van der Waals surface area (Å²) in [6.45, 7) is 0.259. The molecule has 3 aromatic heterocycles. The molecule has 2 aliphatic rings. The molecular formula is C26H29F3N9O2+. The fraction of sp³-hybridized carbons (Fsp3) is 0.385. The zero-order chi connectivity index (χ0) is 28.8. The van der Waals surface area contributed by atoms with Crippen LogP contribution in [-0.2, 0) is 13.2 Å².